The van der Waals surface area contributed by atoms with Gasteiger partial charge in [0.15, 0.2) is 11.5 Å². The van der Waals surface area contributed by atoms with Crippen molar-refractivity contribution in [2.45, 2.75) is 63.4 Å². The average molecular weight is 440 g/mol. The molecule has 1 heterocycles. The Morgan fingerprint density at radius 2 is 1.66 bits per heavy atom. The van der Waals surface area contributed by atoms with Crippen LogP contribution in [0.2, 0.25) is 0 Å². The number of ether oxygens (including phenoxy) is 4. The largest absolute Gasteiger partial charge is 0.493 e. The van der Waals surface area contributed by atoms with Crippen LogP contribution < -0.4 is 9.47 Å². The third kappa shape index (κ3) is 6.03. The number of benzene rings is 2. The summed E-state index contributed by atoms with van der Waals surface area (Å²) in [4.78, 5) is 2.62. The number of hydrogen-bond acceptors (Lipinski definition) is 5. The molecule has 2 aliphatic rings. The molecule has 4 rings (SSSR count). The molecule has 3 atom stereocenters. The van der Waals surface area contributed by atoms with E-state index in [2.05, 4.69) is 47.4 Å². The molecule has 2 fully saturated rings. The van der Waals surface area contributed by atoms with Crippen LogP contribution in [0.3, 0.4) is 0 Å². The lowest BCUT2D eigenvalue weighted by Gasteiger charge is -2.37. The van der Waals surface area contributed by atoms with E-state index in [-0.39, 0.29) is 0 Å². The summed E-state index contributed by atoms with van der Waals surface area (Å²) < 4.78 is 23.4. The Balaban J connectivity index is 1.26. The highest BCUT2D eigenvalue weighted by Gasteiger charge is 2.35. The standard InChI is InChI=1S/C27H37NO4/c1-29-26-13-12-21(18-27(26)30-2)15-17-31-25-11-7-6-10-24(25)28-16-14-23(19-28)32-20-22-8-4-3-5-9-22/h3-5,8-9,12-13,18,23-25H,6-7,10-11,14-17,19-20H2,1-2H3/t23-,24?,25+/m1/s1. The van der Waals surface area contributed by atoms with Gasteiger partial charge in [0.2, 0.25) is 0 Å². The molecule has 1 aliphatic carbocycles. The zero-order valence-electron chi connectivity index (χ0n) is 19.5. The van der Waals surface area contributed by atoms with E-state index < -0.39 is 0 Å². The molecule has 1 saturated heterocycles. The lowest BCUT2D eigenvalue weighted by atomic mass is 9.91. The lowest BCUT2D eigenvalue weighted by molar-refractivity contribution is -0.0352. The fourth-order valence-electron chi connectivity index (χ4n) is 5.03. The maximum Gasteiger partial charge on any atom is 0.160 e. The Bertz CT molecular complexity index is 828. The van der Waals surface area contributed by atoms with E-state index >= 15 is 0 Å². The van der Waals surface area contributed by atoms with Gasteiger partial charge in [-0.2, -0.15) is 0 Å². The molecule has 0 aromatic heterocycles. The fourth-order valence-corrected chi connectivity index (χ4v) is 5.03. The number of rotatable bonds is 10. The van der Waals surface area contributed by atoms with Gasteiger partial charge in [-0.25, -0.2) is 0 Å². The van der Waals surface area contributed by atoms with Crippen LogP contribution in [-0.2, 0) is 22.5 Å². The Morgan fingerprint density at radius 1 is 0.844 bits per heavy atom. The number of methoxy groups -OCH3 is 2. The monoisotopic (exact) mass is 439 g/mol. The summed E-state index contributed by atoms with van der Waals surface area (Å²) in [6.45, 7) is 3.57. The summed E-state index contributed by atoms with van der Waals surface area (Å²) in [6.07, 6.45) is 7.58. The van der Waals surface area contributed by atoms with E-state index in [9.17, 15) is 0 Å². The Labute approximate surface area is 192 Å². The van der Waals surface area contributed by atoms with Crippen molar-refractivity contribution >= 4 is 0 Å². The SMILES string of the molecule is COc1ccc(CCO[C@H]2CCCCC2N2CC[C@@H](OCc3ccccc3)C2)cc1OC. The summed E-state index contributed by atoms with van der Waals surface area (Å²) >= 11 is 0. The minimum Gasteiger partial charge on any atom is -0.493 e. The van der Waals surface area contributed by atoms with Gasteiger partial charge in [0.1, 0.15) is 0 Å². The second kappa shape index (κ2) is 11.7. The summed E-state index contributed by atoms with van der Waals surface area (Å²) in [5.74, 6) is 1.54. The molecule has 174 valence electrons. The van der Waals surface area contributed by atoms with E-state index in [1.54, 1.807) is 14.2 Å². The molecule has 2 aromatic carbocycles. The Morgan fingerprint density at radius 3 is 2.47 bits per heavy atom. The molecule has 0 N–H and O–H groups in total. The summed E-state index contributed by atoms with van der Waals surface area (Å²) in [6, 6.07) is 17.1. The van der Waals surface area contributed by atoms with Crippen molar-refractivity contribution in [1.29, 1.82) is 0 Å². The highest BCUT2D eigenvalue weighted by atomic mass is 16.5. The van der Waals surface area contributed by atoms with Gasteiger partial charge in [-0.3, -0.25) is 4.90 Å². The van der Waals surface area contributed by atoms with Crippen molar-refractivity contribution in [3.63, 3.8) is 0 Å². The zero-order valence-corrected chi connectivity index (χ0v) is 19.5. The minimum absolute atomic E-state index is 0.316. The van der Waals surface area contributed by atoms with Crippen LogP contribution in [0, 0.1) is 0 Å². The first kappa shape index (κ1) is 23.1. The van der Waals surface area contributed by atoms with Crippen LogP contribution in [0.4, 0.5) is 0 Å². The number of nitrogens with zero attached hydrogens (tertiary/aromatic N) is 1. The molecule has 32 heavy (non-hydrogen) atoms. The van der Waals surface area contributed by atoms with Gasteiger partial charge in [-0.05, 0) is 48.9 Å². The smallest absolute Gasteiger partial charge is 0.160 e. The van der Waals surface area contributed by atoms with Crippen LogP contribution >= 0.6 is 0 Å². The normalized spacial score (nSPS) is 23.9. The summed E-state index contributed by atoms with van der Waals surface area (Å²) in [7, 11) is 3.34. The predicted molar refractivity (Wildman–Crippen MR) is 126 cm³/mol. The number of likely N-dealkylation sites (tertiary alicyclic amines) is 1. The van der Waals surface area contributed by atoms with Crippen LogP contribution in [-0.4, -0.2) is 57.1 Å². The molecule has 0 radical (unpaired) electrons. The Hall–Kier alpha value is -2.08. The van der Waals surface area contributed by atoms with Gasteiger partial charge in [0.05, 0.1) is 39.6 Å². The molecule has 1 saturated carbocycles. The molecule has 1 aliphatic heterocycles. The van der Waals surface area contributed by atoms with Gasteiger partial charge in [0, 0.05) is 19.1 Å². The van der Waals surface area contributed by atoms with Crippen molar-refractivity contribution in [1.82, 2.24) is 4.90 Å². The maximum absolute atomic E-state index is 6.45. The first-order valence-electron chi connectivity index (χ1n) is 12.0. The molecule has 2 aromatic rings. The molecular formula is C27H37NO4. The average Bonchev–Trinajstić information content (AvgIpc) is 3.32. The topological polar surface area (TPSA) is 40.2 Å². The van der Waals surface area contributed by atoms with Gasteiger partial charge in [0.25, 0.3) is 0 Å². The van der Waals surface area contributed by atoms with E-state index in [4.69, 9.17) is 18.9 Å². The first-order chi connectivity index (χ1) is 15.8. The molecule has 0 bridgehead atoms. The molecular weight excluding hydrogens is 402 g/mol. The van der Waals surface area contributed by atoms with Gasteiger partial charge >= 0.3 is 0 Å². The van der Waals surface area contributed by atoms with Crippen LogP contribution in [0.25, 0.3) is 0 Å². The van der Waals surface area contributed by atoms with Crippen molar-refractivity contribution in [2.75, 3.05) is 33.9 Å². The quantitative estimate of drug-likeness (QED) is 0.528. The lowest BCUT2D eigenvalue weighted by Crippen LogP contribution is -2.46. The van der Waals surface area contributed by atoms with Crippen molar-refractivity contribution < 1.29 is 18.9 Å². The van der Waals surface area contributed by atoms with E-state index in [1.807, 2.05) is 6.07 Å². The van der Waals surface area contributed by atoms with Gasteiger partial charge in [-0.1, -0.05) is 49.2 Å². The second-order valence-electron chi connectivity index (χ2n) is 8.90. The van der Waals surface area contributed by atoms with Crippen LogP contribution in [0.1, 0.15) is 43.2 Å². The van der Waals surface area contributed by atoms with Crippen LogP contribution in [0.5, 0.6) is 11.5 Å². The van der Waals surface area contributed by atoms with E-state index in [1.165, 1.54) is 30.4 Å². The summed E-state index contributed by atoms with van der Waals surface area (Å²) in [5.41, 5.74) is 2.46. The molecule has 5 heteroatoms. The number of hydrogen-bond donors (Lipinski definition) is 0. The van der Waals surface area contributed by atoms with Crippen molar-refractivity contribution in [3.05, 3.63) is 59.7 Å². The Kier molecular flexibility index (Phi) is 8.43. The molecule has 5 nitrogen and oxygen atoms in total. The van der Waals surface area contributed by atoms with Gasteiger partial charge in [-0.15, -0.1) is 0 Å². The minimum atomic E-state index is 0.316. The first-order valence-corrected chi connectivity index (χ1v) is 12.0. The predicted octanol–water partition coefficient (Wildman–Crippen LogP) is 4.87. The van der Waals surface area contributed by atoms with Crippen LogP contribution in [0.15, 0.2) is 48.5 Å². The third-order valence-corrected chi connectivity index (χ3v) is 6.81. The van der Waals surface area contributed by atoms with Crippen molar-refractivity contribution in [2.24, 2.45) is 0 Å². The molecule has 0 spiro atoms. The summed E-state index contributed by atoms with van der Waals surface area (Å²) in [5, 5.41) is 0. The zero-order chi connectivity index (χ0) is 22.2. The van der Waals surface area contributed by atoms with Gasteiger partial charge < -0.3 is 18.9 Å². The highest BCUT2D eigenvalue weighted by Crippen LogP contribution is 2.30. The second-order valence-corrected chi connectivity index (χ2v) is 8.90. The highest BCUT2D eigenvalue weighted by molar-refractivity contribution is 5.42. The van der Waals surface area contributed by atoms with E-state index in [0.717, 1.165) is 50.5 Å². The third-order valence-electron chi connectivity index (χ3n) is 6.81. The van der Waals surface area contributed by atoms with E-state index in [0.29, 0.717) is 24.9 Å². The van der Waals surface area contributed by atoms with Crippen molar-refractivity contribution in [3.8, 4) is 11.5 Å². The maximum atomic E-state index is 6.45. The molecule has 0 amide bonds. The molecule has 1 unspecified atom stereocenters. The fraction of sp³-hybridized carbons (Fsp3) is 0.556.